The molecule has 0 aromatic rings. The summed E-state index contributed by atoms with van der Waals surface area (Å²) in [5.74, 6) is 2.05. The lowest BCUT2D eigenvalue weighted by molar-refractivity contribution is -0.0853. The molecule has 3 saturated carbocycles. The highest BCUT2D eigenvalue weighted by molar-refractivity contribution is 7.81. The predicted molar refractivity (Wildman–Crippen MR) is 143 cm³/mol. The zero-order valence-electron chi connectivity index (χ0n) is 23.1. The summed E-state index contributed by atoms with van der Waals surface area (Å²) < 4.78 is 74.2. The van der Waals surface area contributed by atoms with Crippen molar-refractivity contribution in [3.05, 3.63) is 11.6 Å². The van der Waals surface area contributed by atoms with E-state index < -0.39 is 33.0 Å². The highest BCUT2D eigenvalue weighted by Gasteiger charge is 2.60. The Labute approximate surface area is 228 Å². The summed E-state index contributed by atoms with van der Waals surface area (Å²) in [7, 11) is -9.18. The molecule has 0 bridgehead atoms. The third-order valence-electron chi connectivity index (χ3n) is 10.8. The van der Waals surface area contributed by atoms with Gasteiger partial charge in [-0.15, -0.1) is 0 Å². The van der Waals surface area contributed by atoms with Gasteiger partial charge in [0.1, 0.15) is 6.10 Å². The maximum Gasteiger partial charge on any atom is 0.397 e. The second kappa shape index (κ2) is 11.0. The van der Waals surface area contributed by atoms with Gasteiger partial charge < -0.3 is 5.11 Å². The van der Waals surface area contributed by atoms with Gasteiger partial charge in [0.05, 0.1) is 12.7 Å². The molecule has 4 aliphatic carbocycles. The number of hydrogen-bond acceptors (Lipinski definition) is 7. The lowest BCUT2D eigenvalue weighted by Crippen LogP contribution is -2.54. The van der Waals surface area contributed by atoms with Crippen molar-refractivity contribution < 1.29 is 39.4 Å². The number of aliphatic hydroxyl groups excluding tert-OH is 1. The minimum absolute atomic E-state index is 0.00626. The van der Waals surface area contributed by atoms with E-state index in [1.165, 1.54) is 0 Å². The van der Waals surface area contributed by atoms with Gasteiger partial charge in [0.2, 0.25) is 0 Å². The first-order chi connectivity index (χ1) is 17.5. The van der Waals surface area contributed by atoms with Crippen LogP contribution in [0.3, 0.4) is 0 Å². The number of hydrogen-bond donors (Lipinski definition) is 3. The number of fused-ring (bicyclic) bond motifs is 5. The maximum atomic E-state index is 11.5. The lowest BCUT2D eigenvalue weighted by atomic mass is 9.46. The minimum atomic E-state index is -4.67. The van der Waals surface area contributed by atoms with Crippen LogP contribution in [0.15, 0.2) is 11.6 Å². The van der Waals surface area contributed by atoms with Crippen LogP contribution >= 0.6 is 0 Å². The van der Waals surface area contributed by atoms with E-state index >= 15 is 0 Å². The molecule has 0 radical (unpaired) electrons. The van der Waals surface area contributed by atoms with Gasteiger partial charge >= 0.3 is 20.8 Å². The molecular formula is C27H46O9S2. The second-order valence-corrected chi connectivity index (χ2v) is 15.5. The smallest absolute Gasteiger partial charge is 0.390 e. The molecule has 0 aromatic heterocycles. The van der Waals surface area contributed by atoms with Gasteiger partial charge in [-0.1, -0.05) is 52.2 Å². The molecule has 0 amide bonds. The summed E-state index contributed by atoms with van der Waals surface area (Å²) in [4.78, 5) is 0. The molecule has 11 heteroatoms. The zero-order valence-corrected chi connectivity index (χ0v) is 24.7. The summed E-state index contributed by atoms with van der Waals surface area (Å²) in [5, 5.41) is 10.6. The Balaban J connectivity index is 1.55. The van der Waals surface area contributed by atoms with Crippen molar-refractivity contribution in [1.82, 2.24) is 0 Å². The van der Waals surface area contributed by atoms with E-state index in [1.807, 2.05) is 0 Å². The van der Waals surface area contributed by atoms with Crippen LogP contribution in [0.25, 0.3) is 0 Å². The summed E-state index contributed by atoms with van der Waals surface area (Å²) >= 11 is 0. The van der Waals surface area contributed by atoms with Gasteiger partial charge in [-0.2, -0.15) is 16.8 Å². The van der Waals surface area contributed by atoms with Crippen LogP contribution in [-0.4, -0.2) is 49.9 Å². The standard InChI is InChI=1S/C27H46O9S2/c1-17(2)6-5-7-18(16-35-37(29,30)31)21-10-11-22-20-9-8-19-14-24(28)25(36-38(32,33)34)15-27(19,4)23(20)12-13-26(21,22)3/h8,17-18,20-25,28H,5-7,9-16H2,1-4H3,(H,29,30,31)(H,32,33,34)/t18-,20?,21+,22?,23?,24-,25+,26+,27-/m0/s1. The fourth-order valence-corrected chi connectivity index (χ4v) is 9.95. The average Bonchev–Trinajstić information content (AvgIpc) is 3.12. The van der Waals surface area contributed by atoms with Crippen molar-refractivity contribution in [2.75, 3.05) is 6.61 Å². The van der Waals surface area contributed by atoms with Gasteiger partial charge in [-0.25, -0.2) is 8.37 Å². The molecule has 9 nitrogen and oxygen atoms in total. The van der Waals surface area contributed by atoms with E-state index in [0.717, 1.165) is 56.9 Å². The average molecular weight is 579 g/mol. The third-order valence-corrected chi connectivity index (χ3v) is 11.7. The maximum absolute atomic E-state index is 11.5. The van der Waals surface area contributed by atoms with Crippen LogP contribution in [0.2, 0.25) is 0 Å². The van der Waals surface area contributed by atoms with Crippen molar-refractivity contribution in [1.29, 1.82) is 0 Å². The van der Waals surface area contributed by atoms with Gasteiger partial charge in [-0.3, -0.25) is 9.11 Å². The number of allylic oxidation sites excluding steroid dienone is 1. The molecule has 0 saturated heterocycles. The Morgan fingerprint density at radius 1 is 1.03 bits per heavy atom. The topological polar surface area (TPSA) is 147 Å². The molecule has 9 atom stereocenters. The molecule has 3 fully saturated rings. The molecule has 3 unspecified atom stereocenters. The quantitative estimate of drug-likeness (QED) is 0.241. The van der Waals surface area contributed by atoms with Crippen molar-refractivity contribution in [2.45, 2.75) is 104 Å². The normalized spacial score (nSPS) is 40.3. The van der Waals surface area contributed by atoms with Crippen LogP contribution in [0.1, 0.15) is 91.9 Å². The summed E-state index contributed by atoms with van der Waals surface area (Å²) in [6.07, 6.45) is 8.77. The van der Waals surface area contributed by atoms with Crippen molar-refractivity contribution in [3.8, 4) is 0 Å². The fraction of sp³-hybridized carbons (Fsp3) is 0.926. The summed E-state index contributed by atoms with van der Waals surface area (Å²) in [6, 6.07) is 0. The predicted octanol–water partition coefficient (Wildman–Crippen LogP) is 4.99. The van der Waals surface area contributed by atoms with Crippen molar-refractivity contribution in [3.63, 3.8) is 0 Å². The fourth-order valence-electron chi connectivity index (χ4n) is 9.10. The van der Waals surface area contributed by atoms with E-state index in [2.05, 4.69) is 33.8 Å². The lowest BCUT2D eigenvalue weighted by Gasteiger charge is -2.59. The van der Waals surface area contributed by atoms with E-state index in [9.17, 15) is 31.0 Å². The summed E-state index contributed by atoms with van der Waals surface area (Å²) in [6.45, 7) is 8.88. The highest BCUT2D eigenvalue weighted by atomic mass is 32.3. The van der Waals surface area contributed by atoms with Crippen LogP contribution in [0.4, 0.5) is 0 Å². The van der Waals surface area contributed by atoms with Crippen LogP contribution < -0.4 is 0 Å². The van der Waals surface area contributed by atoms with Crippen molar-refractivity contribution in [2.24, 2.45) is 46.3 Å². The first kappa shape index (κ1) is 30.4. The Hall–Kier alpha value is -0.560. The van der Waals surface area contributed by atoms with E-state index in [4.69, 9.17) is 8.37 Å². The molecule has 220 valence electrons. The van der Waals surface area contributed by atoms with E-state index in [1.54, 1.807) is 0 Å². The van der Waals surface area contributed by atoms with Gasteiger partial charge in [0.25, 0.3) is 0 Å². The first-order valence-electron chi connectivity index (χ1n) is 14.2. The number of rotatable bonds is 10. The molecule has 3 N–H and O–H groups in total. The molecular weight excluding hydrogens is 532 g/mol. The van der Waals surface area contributed by atoms with Gasteiger partial charge in [-0.05, 0) is 97.7 Å². The SMILES string of the molecule is CC(C)CCC[C@@H](COS(=O)(=O)O)[C@H]1CCC2C3CC=C4C[C@H](O)[C@H](OS(=O)(=O)O)C[C@]4(C)C3CC[C@@]21C. The van der Waals surface area contributed by atoms with E-state index in [-0.39, 0.29) is 23.4 Å². The van der Waals surface area contributed by atoms with E-state index in [0.29, 0.717) is 42.4 Å². The second-order valence-electron chi connectivity index (χ2n) is 13.3. The summed E-state index contributed by atoms with van der Waals surface area (Å²) in [5.41, 5.74) is 0.862. The molecule has 0 heterocycles. The Morgan fingerprint density at radius 2 is 1.74 bits per heavy atom. The van der Waals surface area contributed by atoms with Gasteiger partial charge in [0, 0.05) is 0 Å². The highest BCUT2D eigenvalue weighted by Crippen LogP contribution is 2.67. The largest absolute Gasteiger partial charge is 0.397 e. The zero-order chi connectivity index (χ0) is 28.1. The first-order valence-corrected chi connectivity index (χ1v) is 16.9. The minimum Gasteiger partial charge on any atom is -0.390 e. The molecule has 0 spiro atoms. The van der Waals surface area contributed by atoms with Crippen LogP contribution in [-0.2, 0) is 29.2 Å². The Morgan fingerprint density at radius 3 is 2.37 bits per heavy atom. The molecule has 4 rings (SSSR count). The Kier molecular flexibility index (Phi) is 8.82. The van der Waals surface area contributed by atoms with Crippen LogP contribution in [0, 0.1) is 46.3 Å². The van der Waals surface area contributed by atoms with Crippen LogP contribution in [0.5, 0.6) is 0 Å². The van der Waals surface area contributed by atoms with Crippen molar-refractivity contribution >= 4 is 20.8 Å². The molecule has 4 aliphatic rings. The van der Waals surface area contributed by atoms with Gasteiger partial charge in [0.15, 0.2) is 0 Å². The third kappa shape index (κ3) is 6.34. The monoisotopic (exact) mass is 578 g/mol. The Bertz CT molecular complexity index is 1100. The molecule has 38 heavy (non-hydrogen) atoms. The number of aliphatic hydroxyl groups is 1. The molecule has 0 aromatic carbocycles. The molecule has 0 aliphatic heterocycles.